The summed E-state index contributed by atoms with van der Waals surface area (Å²) in [5.74, 6) is 0.809. The van der Waals surface area contributed by atoms with E-state index >= 15 is 0 Å². The number of hydrogen-bond acceptors (Lipinski definition) is 8. The fourth-order valence-electron chi connectivity index (χ4n) is 4.24. The van der Waals surface area contributed by atoms with Crippen LogP contribution in [0, 0.1) is 0 Å². The Labute approximate surface area is 196 Å². The van der Waals surface area contributed by atoms with Gasteiger partial charge >= 0.3 is 5.97 Å². The number of aromatic nitrogens is 1. The Balaban J connectivity index is 1.25. The number of thiazole rings is 1. The number of methoxy groups -OCH3 is 1. The number of piperazine rings is 1. The van der Waals surface area contributed by atoms with Gasteiger partial charge in [-0.15, -0.1) is 11.3 Å². The molecule has 1 amide bonds. The molecular weight excluding hydrogens is 448 g/mol. The third kappa shape index (κ3) is 5.54. The summed E-state index contributed by atoms with van der Waals surface area (Å²) in [4.78, 5) is 34.4. The van der Waals surface area contributed by atoms with Crippen LogP contribution in [0.1, 0.15) is 23.3 Å². The minimum atomic E-state index is -1.01. The Bertz CT molecular complexity index is 946. The number of ether oxygens (including phenoxy) is 1. The maximum atomic E-state index is 12.4. The third-order valence-corrected chi connectivity index (χ3v) is 7.97. The Hall–Kier alpha value is -2.30. The van der Waals surface area contributed by atoms with Gasteiger partial charge in [0.1, 0.15) is 5.75 Å². The van der Waals surface area contributed by atoms with Crippen molar-refractivity contribution in [1.82, 2.24) is 14.8 Å². The van der Waals surface area contributed by atoms with Gasteiger partial charge in [0, 0.05) is 74.6 Å². The zero-order chi connectivity index (χ0) is 22.5. The molecule has 2 fully saturated rings. The van der Waals surface area contributed by atoms with Crippen LogP contribution in [0.5, 0.6) is 5.75 Å². The van der Waals surface area contributed by atoms with E-state index < -0.39 is 5.97 Å². The summed E-state index contributed by atoms with van der Waals surface area (Å²) in [6.45, 7) is 5.44. The fourth-order valence-corrected chi connectivity index (χ4v) is 6.05. The zero-order valence-corrected chi connectivity index (χ0v) is 19.7. The average molecular weight is 477 g/mol. The van der Waals surface area contributed by atoms with Crippen LogP contribution in [-0.4, -0.2) is 89.9 Å². The lowest BCUT2D eigenvalue weighted by atomic mass is 10.1. The maximum absolute atomic E-state index is 12.4. The van der Waals surface area contributed by atoms with Gasteiger partial charge in [-0.1, -0.05) is 17.8 Å². The van der Waals surface area contributed by atoms with Crippen LogP contribution in [0.15, 0.2) is 34.0 Å². The number of hydrogen-bond donors (Lipinski definition) is 1. The molecule has 8 nitrogen and oxygen atoms in total. The van der Waals surface area contributed by atoms with E-state index in [4.69, 9.17) is 9.84 Å². The van der Waals surface area contributed by atoms with Crippen molar-refractivity contribution in [2.24, 2.45) is 0 Å². The largest absolute Gasteiger partial charge is 0.497 e. The highest BCUT2D eigenvalue weighted by Crippen LogP contribution is 2.26. The number of carbonyl (C=O) groups is 2. The van der Waals surface area contributed by atoms with Gasteiger partial charge in [-0.05, 0) is 18.6 Å². The molecule has 172 valence electrons. The van der Waals surface area contributed by atoms with E-state index in [1.807, 2.05) is 17.0 Å². The second kappa shape index (κ2) is 10.5. The van der Waals surface area contributed by atoms with Crippen molar-refractivity contribution in [2.75, 3.05) is 57.0 Å². The van der Waals surface area contributed by atoms with Crippen molar-refractivity contribution in [1.29, 1.82) is 0 Å². The molecule has 0 aliphatic carbocycles. The summed E-state index contributed by atoms with van der Waals surface area (Å²) < 4.78 is 6.08. The van der Waals surface area contributed by atoms with Crippen molar-refractivity contribution < 1.29 is 19.4 Å². The number of thioether (sulfide) groups is 1. The van der Waals surface area contributed by atoms with Gasteiger partial charge in [-0.25, -0.2) is 9.78 Å². The van der Waals surface area contributed by atoms with E-state index in [-0.39, 0.29) is 17.6 Å². The van der Waals surface area contributed by atoms with E-state index in [1.165, 1.54) is 28.8 Å². The number of amides is 1. The Morgan fingerprint density at radius 3 is 2.84 bits per heavy atom. The molecule has 1 N–H and O–H groups in total. The van der Waals surface area contributed by atoms with Crippen LogP contribution in [0.3, 0.4) is 0 Å². The predicted octanol–water partition coefficient (Wildman–Crippen LogP) is 2.76. The molecule has 2 aliphatic rings. The fraction of sp³-hybridized carbons (Fsp3) is 0.500. The van der Waals surface area contributed by atoms with Crippen molar-refractivity contribution in [2.45, 2.75) is 23.2 Å². The van der Waals surface area contributed by atoms with E-state index in [0.29, 0.717) is 13.0 Å². The van der Waals surface area contributed by atoms with E-state index in [2.05, 4.69) is 26.9 Å². The Morgan fingerprint density at radius 2 is 2.12 bits per heavy atom. The molecule has 4 rings (SSSR count). The normalized spacial score (nSPS) is 19.5. The van der Waals surface area contributed by atoms with Crippen molar-refractivity contribution >= 4 is 40.7 Å². The first-order valence-corrected chi connectivity index (χ1v) is 12.6. The monoisotopic (exact) mass is 476 g/mol. The number of rotatable bonds is 9. The van der Waals surface area contributed by atoms with Gasteiger partial charge in [0.15, 0.2) is 10.0 Å². The lowest BCUT2D eigenvalue weighted by Crippen LogP contribution is -2.51. The van der Waals surface area contributed by atoms with Crippen molar-refractivity contribution in [3.63, 3.8) is 0 Å². The zero-order valence-electron chi connectivity index (χ0n) is 18.1. The molecule has 0 radical (unpaired) electrons. The molecule has 32 heavy (non-hydrogen) atoms. The quantitative estimate of drug-likeness (QED) is 0.553. The summed E-state index contributed by atoms with van der Waals surface area (Å²) in [5, 5.41) is 10.6. The predicted molar refractivity (Wildman–Crippen MR) is 126 cm³/mol. The molecule has 0 saturated carbocycles. The topological polar surface area (TPSA) is 86.2 Å². The molecule has 1 aromatic heterocycles. The molecule has 2 aromatic rings. The summed E-state index contributed by atoms with van der Waals surface area (Å²) in [6, 6.07) is 8.43. The molecule has 2 saturated heterocycles. The lowest BCUT2D eigenvalue weighted by Gasteiger charge is -2.38. The first kappa shape index (κ1) is 22.9. The van der Waals surface area contributed by atoms with Gasteiger partial charge in [0.25, 0.3) is 0 Å². The van der Waals surface area contributed by atoms with Crippen molar-refractivity contribution in [3.8, 4) is 5.75 Å². The number of nitrogens with zero attached hydrogens (tertiary/aromatic N) is 4. The average Bonchev–Trinajstić information content (AvgIpc) is 3.42. The summed E-state index contributed by atoms with van der Waals surface area (Å²) in [6.07, 6.45) is 1.51. The minimum absolute atomic E-state index is 0.0840. The number of benzene rings is 1. The number of carboxylic acid groups (broad SMARTS) is 1. The molecule has 10 heteroatoms. The molecular formula is C22H28N4O4S2. The number of carbonyl (C=O) groups excluding carboxylic acids is 1. The van der Waals surface area contributed by atoms with E-state index in [9.17, 15) is 9.59 Å². The summed E-state index contributed by atoms with van der Waals surface area (Å²) >= 11 is 2.85. The van der Waals surface area contributed by atoms with Crippen LogP contribution in [0.25, 0.3) is 0 Å². The first-order valence-electron chi connectivity index (χ1n) is 10.8. The smallest absolute Gasteiger partial charge is 0.355 e. The standard InChI is InChI=1S/C22H28N4O4S2/c1-30-18-4-2-3-16(13-18)25-9-7-24(8-10-25)14-17-5-6-20(27)26(17)11-12-31-22-23-19(15-32-22)21(28)29/h2-4,13,15,17H,5-12,14H2,1H3,(H,28,29). The van der Waals surface area contributed by atoms with E-state index in [1.54, 1.807) is 12.5 Å². The van der Waals surface area contributed by atoms with Crippen LogP contribution in [0.4, 0.5) is 5.69 Å². The van der Waals surface area contributed by atoms with Crippen LogP contribution >= 0.6 is 23.1 Å². The minimum Gasteiger partial charge on any atom is -0.497 e. The molecule has 1 unspecified atom stereocenters. The molecule has 0 bridgehead atoms. The Morgan fingerprint density at radius 1 is 1.31 bits per heavy atom. The van der Waals surface area contributed by atoms with E-state index in [0.717, 1.165) is 55.0 Å². The molecule has 0 spiro atoms. The van der Waals surface area contributed by atoms with Crippen LogP contribution in [0.2, 0.25) is 0 Å². The number of aromatic carboxylic acids is 1. The second-order valence-corrected chi connectivity index (χ2v) is 10.1. The highest BCUT2D eigenvalue weighted by Gasteiger charge is 2.32. The van der Waals surface area contributed by atoms with Gasteiger partial charge < -0.3 is 19.6 Å². The van der Waals surface area contributed by atoms with Crippen molar-refractivity contribution in [3.05, 3.63) is 35.3 Å². The SMILES string of the molecule is COc1cccc(N2CCN(CC3CCC(=O)N3CCSc3nc(C(=O)O)cs3)CC2)c1. The van der Waals surface area contributed by atoms with Gasteiger partial charge in [-0.3, -0.25) is 9.69 Å². The summed E-state index contributed by atoms with van der Waals surface area (Å²) in [7, 11) is 1.69. The third-order valence-electron chi connectivity index (χ3n) is 5.97. The molecule has 1 atom stereocenters. The number of carboxylic acids is 1. The highest BCUT2D eigenvalue weighted by molar-refractivity contribution is 8.01. The first-order chi connectivity index (χ1) is 15.5. The molecule has 2 aliphatic heterocycles. The van der Waals surface area contributed by atoms with Gasteiger partial charge in [-0.2, -0.15) is 0 Å². The Kier molecular flexibility index (Phi) is 7.54. The number of likely N-dealkylation sites (tertiary alicyclic amines) is 1. The summed E-state index contributed by atoms with van der Waals surface area (Å²) in [5.41, 5.74) is 1.27. The van der Waals surface area contributed by atoms with Gasteiger partial charge in [0.05, 0.1) is 7.11 Å². The highest BCUT2D eigenvalue weighted by atomic mass is 32.2. The molecule has 3 heterocycles. The number of anilines is 1. The molecule has 1 aromatic carbocycles. The van der Waals surface area contributed by atoms with Crippen LogP contribution in [-0.2, 0) is 4.79 Å². The second-order valence-electron chi connectivity index (χ2n) is 7.92. The lowest BCUT2D eigenvalue weighted by molar-refractivity contribution is -0.128. The maximum Gasteiger partial charge on any atom is 0.355 e. The van der Waals surface area contributed by atoms with Gasteiger partial charge in [0.2, 0.25) is 5.91 Å². The van der Waals surface area contributed by atoms with Crippen LogP contribution < -0.4 is 9.64 Å².